The first-order chi connectivity index (χ1) is 11.4. The van der Waals surface area contributed by atoms with Crippen molar-refractivity contribution in [1.29, 1.82) is 0 Å². The van der Waals surface area contributed by atoms with Gasteiger partial charge in [-0.3, -0.25) is 4.79 Å². The number of rotatable bonds is 7. The van der Waals surface area contributed by atoms with E-state index in [0.29, 0.717) is 40.2 Å². The molecule has 1 aromatic rings. The van der Waals surface area contributed by atoms with Gasteiger partial charge in [-0.25, -0.2) is 9.79 Å². The maximum absolute atomic E-state index is 11.5. The van der Waals surface area contributed by atoms with Gasteiger partial charge in [0.15, 0.2) is 6.29 Å². The first kappa shape index (κ1) is 18.3. The highest BCUT2D eigenvalue weighted by atomic mass is 32.2. The molecule has 5 nitrogen and oxygen atoms in total. The highest BCUT2D eigenvalue weighted by molar-refractivity contribution is 8.34. The molecule has 0 radical (unpaired) electrons. The molecule has 0 aromatic heterocycles. The Bertz CT molecular complexity index is 722. The van der Waals surface area contributed by atoms with Crippen molar-refractivity contribution in [2.24, 2.45) is 10.9 Å². The SMILES string of the molecule is CC[SH]1C(c2ccc(OCC(C)C)c(C=O)c2)=NC(C)=C1C(=O)O. The van der Waals surface area contributed by atoms with Crippen LogP contribution >= 0.6 is 10.9 Å². The highest BCUT2D eigenvalue weighted by Crippen LogP contribution is 2.46. The number of carbonyl (C=O) groups excluding carboxylic acids is 1. The zero-order valence-electron chi connectivity index (χ0n) is 14.4. The minimum absolute atomic E-state index is 0.362. The summed E-state index contributed by atoms with van der Waals surface area (Å²) in [5.74, 6) is 0.702. The second-order valence-corrected chi connectivity index (χ2v) is 8.35. The van der Waals surface area contributed by atoms with Gasteiger partial charge in [0.1, 0.15) is 5.75 Å². The van der Waals surface area contributed by atoms with E-state index in [1.54, 1.807) is 19.1 Å². The molecule has 0 amide bonds. The molecular formula is C18H23NO4S. The van der Waals surface area contributed by atoms with Gasteiger partial charge in [0.05, 0.1) is 27.8 Å². The maximum Gasteiger partial charge on any atom is 0.342 e. The van der Waals surface area contributed by atoms with Crippen molar-refractivity contribution in [1.82, 2.24) is 0 Å². The lowest BCUT2D eigenvalue weighted by Gasteiger charge is -2.19. The van der Waals surface area contributed by atoms with Gasteiger partial charge in [-0.15, -0.1) is 0 Å². The quantitative estimate of drug-likeness (QED) is 0.582. The van der Waals surface area contributed by atoms with Crippen molar-refractivity contribution in [3.63, 3.8) is 0 Å². The van der Waals surface area contributed by atoms with Gasteiger partial charge < -0.3 is 9.84 Å². The van der Waals surface area contributed by atoms with Crippen LogP contribution in [0.15, 0.2) is 33.8 Å². The van der Waals surface area contributed by atoms with Crippen LogP contribution in [0.4, 0.5) is 0 Å². The van der Waals surface area contributed by atoms with Crippen LogP contribution in [-0.4, -0.2) is 34.8 Å². The van der Waals surface area contributed by atoms with Gasteiger partial charge >= 0.3 is 5.97 Å². The molecule has 0 fully saturated rings. The Labute approximate surface area is 144 Å². The van der Waals surface area contributed by atoms with Crippen LogP contribution in [0.1, 0.15) is 43.6 Å². The van der Waals surface area contributed by atoms with Gasteiger partial charge in [-0.1, -0.05) is 20.8 Å². The molecular weight excluding hydrogens is 326 g/mol. The van der Waals surface area contributed by atoms with Gasteiger partial charge in [0.2, 0.25) is 0 Å². The predicted octanol–water partition coefficient (Wildman–Crippen LogP) is 3.63. The number of carboxylic acids is 1. The third-order valence-electron chi connectivity index (χ3n) is 3.63. The Morgan fingerprint density at radius 2 is 2.12 bits per heavy atom. The van der Waals surface area contributed by atoms with Gasteiger partial charge in [-0.05, 0) is 36.8 Å². The molecule has 6 heteroatoms. The molecule has 1 aromatic carbocycles. The van der Waals surface area contributed by atoms with Crippen LogP contribution in [0.25, 0.3) is 0 Å². The van der Waals surface area contributed by atoms with Crippen molar-refractivity contribution in [2.45, 2.75) is 27.7 Å². The van der Waals surface area contributed by atoms with Crippen LogP contribution in [0.3, 0.4) is 0 Å². The van der Waals surface area contributed by atoms with E-state index >= 15 is 0 Å². The summed E-state index contributed by atoms with van der Waals surface area (Å²) in [7, 11) is -0.997. The second kappa shape index (κ2) is 7.66. The summed E-state index contributed by atoms with van der Waals surface area (Å²) in [5, 5.41) is 10.2. The van der Waals surface area contributed by atoms with Crippen molar-refractivity contribution in [3.05, 3.63) is 39.9 Å². The van der Waals surface area contributed by atoms with E-state index in [0.717, 1.165) is 16.9 Å². The third-order valence-corrected chi connectivity index (χ3v) is 6.18. The monoisotopic (exact) mass is 349 g/mol. The summed E-state index contributed by atoms with van der Waals surface area (Å²) in [6.45, 7) is 8.30. The standard InChI is InChI=1S/C18H23NO4S/c1-5-24-16(18(21)22)12(4)19-17(24)13-6-7-15(14(8-13)9-20)23-10-11(2)3/h6-9,11,24H,5,10H2,1-4H3,(H,21,22). The lowest BCUT2D eigenvalue weighted by atomic mass is 10.1. The Morgan fingerprint density at radius 3 is 2.67 bits per heavy atom. The summed E-state index contributed by atoms with van der Waals surface area (Å²) in [6.07, 6.45) is 0.765. The Balaban J connectivity index is 2.35. The average Bonchev–Trinajstić information content (AvgIpc) is 2.89. The lowest BCUT2D eigenvalue weighted by Crippen LogP contribution is -2.09. The summed E-state index contributed by atoms with van der Waals surface area (Å²) in [6, 6.07) is 5.36. The van der Waals surface area contributed by atoms with Crippen LogP contribution in [-0.2, 0) is 4.79 Å². The van der Waals surface area contributed by atoms with E-state index in [-0.39, 0.29) is 0 Å². The van der Waals surface area contributed by atoms with Gasteiger partial charge in [0, 0.05) is 5.56 Å². The molecule has 2 rings (SSSR count). The smallest absolute Gasteiger partial charge is 0.342 e. The molecule has 1 aliphatic heterocycles. The largest absolute Gasteiger partial charge is 0.493 e. The number of carboxylic acid groups (broad SMARTS) is 1. The van der Waals surface area contributed by atoms with E-state index < -0.39 is 16.9 Å². The molecule has 1 N–H and O–H groups in total. The van der Waals surface area contributed by atoms with Gasteiger partial charge in [0.25, 0.3) is 0 Å². The number of ether oxygens (including phenoxy) is 1. The molecule has 130 valence electrons. The topological polar surface area (TPSA) is 76.0 Å². The molecule has 0 spiro atoms. The Hall–Kier alpha value is -2.08. The molecule has 1 aliphatic rings. The number of aliphatic imine (C=N–C) groups is 1. The minimum Gasteiger partial charge on any atom is -0.493 e. The number of aliphatic carboxylic acids is 1. The van der Waals surface area contributed by atoms with E-state index in [4.69, 9.17) is 4.74 Å². The van der Waals surface area contributed by atoms with E-state index in [1.165, 1.54) is 0 Å². The summed E-state index contributed by atoms with van der Waals surface area (Å²) < 4.78 is 5.67. The van der Waals surface area contributed by atoms with E-state index in [2.05, 4.69) is 4.99 Å². The van der Waals surface area contributed by atoms with Crippen LogP contribution < -0.4 is 4.74 Å². The number of allylic oxidation sites excluding steroid dienone is 1. The number of hydrogen-bond acceptors (Lipinski definition) is 4. The second-order valence-electron chi connectivity index (χ2n) is 5.99. The number of aldehydes is 1. The summed E-state index contributed by atoms with van der Waals surface area (Å²) in [5.41, 5.74) is 1.80. The maximum atomic E-state index is 11.5. The molecule has 1 unspecified atom stereocenters. The zero-order valence-corrected chi connectivity index (χ0v) is 15.3. The first-order valence-electron chi connectivity index (χ1n) is 7.91. The average molecular weight is 349 g/mol. The molecule has 0 aliphatic carbocycles. The van der Waals surface area contributed by atoms with E-state index in [1.807, 2.05) is 26.8 Å². The van der Waals surface area contributed by atoms with Crippen molar-refractivity contribution in [3.8, 4) is 5.75 Å². The fourth-order valence-corrected chi connectivity index (χ4v) is 4.76. The normalized spacial score (nSPS) is 18.7. The summed E-state index contributed by atoms with van der Waals surface area (Å²) >= 11 is 0. The number of benzene rings is 1. The number of hydrogen-bond donors (Lipinski definition) is 2. The van der Waals surface area contributed by atoms with Gasteiger partial charge in [-0.2, -0.15) is 10.9 Å². The first-order valence-corrected chi connectivity index (χ1v) is 9.44. The predicted molar refractivity (Wildman–Crippen MR) is 98.6 cm³/mol. The molecule has 1 atom stereocenters. The minimum atomic E-state index is -0.997. The van der Waals surface area contributed by atoms with Crippen LogP contribution in [0, 0.1) is 5.92 Å². The highest BCUT2D eigenvalue weighted by Gasteiger charge is 2.29. The van der Waals surface area contributed by atoms with Crippen molar-refractivity contribution >= 4 is 28.2 Å². The molecule has 0 saturated carbocycles. The van der Waals surface area contributed by atoms with Crippen LogP contribution in [0.2, 0.25) is 0 Å². The van der Waals surface area contributed by atoms with E-state index in [9.17, 15) is 14.7 Å². The van der Waals surface area contributed by atoms with Crippen molar-refractivity contribution in [2.75, 3.05) is 12.4 Å². The molecule has 24 heavy (non-hydrogen) atoms. The Morgan fingerprint density at radius 1 is 1.42 bits per heavy atom. The fraction of sp³-hybridized carbons (Fsp3) is 0.389. The summed E-state index contributed by atoms with van der Waals surface area (Å²) in [4.78, 5) is 27.8. The molecule has 0 saturated heterocycles. The fourth-order valence-electron chi connectivity index (χ4n) is 2.54. The van der Waals surface area contributed by atoms with Crippen LogP contribution in [0.5, 0.6) is 5.75 Å². The zero-order chi connectivity index (χ0) is 17.9. The molecule has 1 heterocycles. The van der Waals surface area contributed by atoms with Crippen molar-refractivity contribution < 1.29 is 19.4 Å². The third kappa shape index (κ3) is 3.70. The number of thiol groups is 1. The lowest BCUT2D eigenvalue weighted by molar-refractivity contribution is -0.131. The Kier molecular flexibility index (Phi) is 5.83. The number of carbonyl (C=O) groups is 2. The number of nitrogens with zero attached hydrogens (tertiary/aromatic N) is 1. The molecule has 0 bridgehead atoms.